The Balaban J connectivity index is 1.45. The largest absolute Gasteiger partial charge is 0.530 e. The molecule has 3 heterocycles. The molecule has 0 radical (unpaired) electrons. The van der Waals surface area contributed by atoms with Crippen molar-refractivity contribution >= 4 is 46.2 Å². The number of nitrogens with zero attached hydrogens (tertiary/aromatic N) is 5. The molecule has 1 saturated heterocycles. The van der Waals surface area contributed by atoms with Gasteiger partial charge in [0.05, 0.1) is 17.1 Å². The molecule has 5 rings (SSSR count). The SMILES string of the molecule is CNc1nc(-c2ccc3c(N(C(=O)[O-])C(C)(C)C)n[nH]c3c2)cc(N2C[C@@H](C(=O)Nc3ccccc3)CC[C@H]2C)n1. The molecule has 214 valence electrons. The minimum atomic E-state index is -1.32. The molecule has 0 unspecified atom stereocenters. The number of para-hydroxylation sites is 1. The van der Waals surface area contributed by atoms with Crippen molar-refractivity contribution in [1.82, 2.24) is 20.2 Å². The van der Waals surface area contributed by atoms with Crippen molar-refractivity contribution in [2.45, 2.75) is 52.1 Å². The highest BCUT2D eigenvalue weighted by Crippen LogP contribution is 2.34. The Morgan fingerprint density at radius 1 is 1.07 bits per heavy atom. The van der Waals surface area contributed by atoms with E-state index >= 15 is 0 Å². The topological polar surface area (TPSA) is 142 Å². The second kappa shape index (κ2) is 11.1. The summed E-state index contributed by atoms with van der Waals surface area (Å²) in [5.74, 6) is 1.29. The van der Waals surface area contributed by atoms with Crippen molar-refractivity contribution in [2.24, 2.45) is 5.92 Å². The average Bonchev–Trinajstić information content (AvgIpc) is 3.35. The van der Waals surface area contributed by atoms with Crippen LogP contribution in [0.5, 0.6) is 0 Å². The van der Waals surface area contributed by atoms with Crippen molar-refractivity contribution in [1.29, 1.82) is 0 Å². The van der Waals surface area contributed by atoms with Crippen molar-refractivity contribution in [3.8, 4) is 11.3 Å². The Kier molecular flexibility index (Phi) is 7.53. The van der Waals surface area contributed by atoms with Gasteiger partial charge in [0.25, 0.3) is 0 Å². The van der Waals surface area contributed by atoms with Gasteiger partial charge in [0.15, 0.2) is 5.82 Å². The van der Waals surface area contributed by atoms with Gasteiger partial charge in [-0.15, -0.1) is 0 Å². The molecule has 1 fully saturated rings. The molecule has 0 bridgehead atoms. The molecule has 0 spiro atoms. The first-order valence-electron chi connectivity index (χ1n) is 13.7. The zero-order valence-corrected chi connectivity index (χ0v) is 23.9. The first-order valence-corrected chi connectivity index (χ1v) is 13.7. The van der Waals surface area contributed by atoms with Gasteiger partial charge in [-0.1, -0.05) is 24.3 Å². The first-order chi connectivity index (χ1) is 19.5. The predicted molar refractivity (Wildman–Crippen MR) is 159 cm³/mol. The standard InChI is InChI=1S/C30H36N8O3/c1-18-11-12-20(27(39)32-21-9-7-6-8-10-21)17-37(18)25-16-23(33-28(31-5)34-25)19-13-14-22-24(15-19)35-36-26(22)38(29(40)41)30(2,3)4/h6-10,13-16,18,20H,11-12,17H2,1-5H3,(H,32,39)(H,35,36)(H,40,41)(H,31,33,34)/p-1/t18-,20+/m1/s1. The molecule has 11 nitrogen and oxygen atoms in total. The smallest absolute Gasteiger partial charge is 0.229 e. The maximum atomic E-state index is 13.1. The van der Waals surface area contributed by atoms with E-state index in [1.807, 2.05) is 54.6 Å². The van der Waals surface area contributed by atoms with Crippen LogP contribution in [-0.4, -0.2) is 57.3 Å². The number of rotatable bonds is 6. The predicted octanol–water partition coefficient (Wildman–Crippen LogP) is 4.25. The van der Waals surface area contributed by atoms with Gasteiger partial charge in [0, 0.05) is 47.9 Å². The Morgan fingerprint density at radius 2 is 1.83 bits per heavy atom. The molecule has 2 aromatic carbocycles. The van der Waals surface area contributed by atoms with E-state index in [2.05, 4.69) is 32.7 Å². The van der Waals surface area contributed by atoms with Crippen molar-refractivity contribution in [2.75, 3.05) is 34.0 Å². The van der Waals surface area contributed by atoms with Gasteiger partial charge in [-0.05, 0) is 64.8 Å². The first kappa shape index (κ1) is 27.9. The van der Waals surface area contributed by atoms with Crippen LogP contribution in [0.1, 0.15) is 40.5 Å². The Hall–Kier alpha value is -4.67. The molecular formula is C30H35N8O3-. The quantitative estimate of drug-likeness (QED) is 0.320. The number of fused-ring (bicyclic) bond motifs is 1. The molecule has 1 aliphatic heterocycles. The highest BCUT2D eigenvalue weighted by atomic mass is 16.4. The lowest BCUT2D eigenvalue weighted by atomic mass is 9.92. The van der Waals surface area contributed by atoms with Crippen LogP contribution in [0.4, 0.5) is 28.1 Å². The summed E-state index contributed by atoms with van der Waals surface area (Å²) >= 11 is 0. The van der Waals surface area contributed by atoms with Crippen LogP contribution < -0.4 is 25.5 Å². The molecule has 11 heteroatoms. The van der Waals surface area contributed by atoms with Gasteiger partial charge in [0.1, 0.15) is 11.9 Å². The number of hydrogen-bond donors (Lipinski definition) is 3. The molecule has 41 heavy (non-hydrogen) atoms. The second-order valence-electron chi connectivity index (χ2n) is 11.4. The number of aromatic nitrogens is 4. The summed E-state index contributed by atoms with van der Waals surface area (Å²) in [6, 6.07) is 17.2. The normalized spacial score (nSPS) is 17.3. The van der Waals surface area contributed by atoms with E-state index in [9.17, 15) is 14.7 Å². The number of H-pyrrole nitrogens is 1. The van der Waals surface area contributed by atoms with E-state index in [1.165, 1.54) is 0 Å². The average molecular weight is 556 g/mol. The van der Waals surface area contributed by atoms with E-state index in [0.717, 1.165) is 34.8 Å². The van der Waals surface area contributed by atoms with E-state index in [1.54, 1.807) is 27.8 Å². The lowest BCUT2D eigenvalue weighted by molar-refractivity contribution is -0.247. The van der Waals surface area contributed by atoms with Crippen molar-refractivity contribution in [3.05, 3.63) is 54.6 Å². The van der Waals surface area contributed by atoms with Crippen LogP contribution in [0.15, 0.2) is 54.6 Å². The zero-order chi connectivity index (χ0) is 29.3. The van der Waals surface area contributed by atoms with Crippen molar-refractivity contribution in [3.63, 3.8) is 0 Å². The summed E-state index contributed by atoms with van der Waals surface area (Å²) < 4.78 is 0. The minimum Gasteiger partial charge on any atom is -0.530 e. The number of nitrogens with one attached hydrogen (secondary N) is 3. The maximum absolute atomic E-state index is 13.1. The summed E-state index contributed by atoms with van der Waals surface area (Å²) in [7, 11) is 1.77. The van der Waals surface area contributed by atoms with Gasteiger partial charge >= 0.3 is 0 Å². The Bertz CT molecular complexity index is 1560. The summed E-state index contributed by atoms with van der Waals surface area (Å²) in [6.45, 7) is 8.04. The van der Waals surface area contributed by atoms with E-state index in [4.69, 9.17) is 9.97 Å². The molecule has 2 aromatic heterocycles. The second-order valence-corrected chi connectivity index (χ2v) is 11.4. The van der Waals surface area contributed by atoms with Crippen LogP contribution in [0.25, 0.3) is 22.2 Å². The molecule has 1 aliphatic rings. The number of hydrogen-bond acceptors (Lipinski definition) is 8. The fourth-order valence-electron chi connectivity index (χ4n) is 5.26. The number of amides is 2. The number of carbonyl (C=O) groups is 2. The fourth-order valence-corrected chi connectivity index (χ4v) is 5.26. The maximum Gasteiger partial charge on any atom is 0.229 e. The number of carbonyl (C=O) groups excluding carboxylic acids is 2. The van der Waals surface area contributed by atoms with E-state index in [-0.39, 0.29) is 17.9 Å². The molecule has 4 aromatic rings. The van der Waals surface area contributed by atoms with Gasteiger partial charge < -0.3 is 30.3 Å². The van der Waals surface area contributed by atoms with Crippen LogP contribution in [0.2, 0.25) is 0 Å². The van der Waals surface area contributed by atoms with E-state index in [0.29, 0.717) is 34.9 Å². The van der Waals surface area contributed by atoms with Crippen LogP contribution in [0.3, 0.4) is 0 Å². The third kappa shape index (κ3) is 5.79. The number of benzene rings is 2. The van der Waals surface area contributed by atoms with Crippen molar-refractivity contribution < 1.29 is 14.7 Å². The molecule has 2 amide bonds. The third-order valence-electron chi connectivity index (χ3n) is 7.43. The highest BCUT2D eigenvalue weighted by Gasteiger charge is 2.32. The summed E-state index contributed by atoms with van der Waals surface area (Å²) in [4.78, 5) is 37.8. The van der Waals surface area contributed by atoms with Gasteiger partial charge in [0.2, 0.25) is 11.9 Å². The molecule has 0 saturated carbocycles. The molecule has 2 atom stereocenters. The molecule has 3 N–H and O–H groups in total. The Labute approximate surface area is 239 Å². The molecule has 0 aliphatic carbocycles. The number of piperidine rings is 1. The Morgan fingerprint density at radius 3 is 2.51 bits per heavy atom. The minimum absolute atomic E-state index is 0.00224. The highest BCUT2D eigenvalue weighted by molar-refractivity contribution is 5.99. The van der Waals surface area contributed by atoms with Crippen LogP contribution in [-0.2, 0) is 4.79 Å². The monoisotopic (exact) mass is 555 g/mol. The number of carboxylic acid groups (broad SMARTS) is 1. The van der Waals surface area contributed by atoms with Crippen LogP contribution >= 0.6 is 0 Å². The fraction of sp³-hybridized carbons (Fsp3) is 0.367. The molecular weight excluding hydrogens is 520 g/mol. The van der Waals surface area contributed by atoms with E-state index < -0.39 is 11.6 Å². The lowest BCUT2D eigenvalue weighted by Crippen LogP contribution is -2.52. The third-order valence-corrected chi connectivity index (χ3v) is 7.43. The number of anilines is 4. The van der Waals surface area contributed by atoms with Crippen LogP contribution in [0, 0.1) is 5.92 Å². The van der Waals surface area contributed by atoms with Gasteiger partial charge in [-0.2, -0.15) is 10.1 Å². The number of aromatic amines is 1. The lowest BCUT2D eigenvalue weighted by Gasteiger charge is -2.38. The summed E-state index contributed by atoms with van der Waals surface area (Å²) in [6.07, 6.45) is 0.330. The zero-order valence-electron chi connectivity index (χ0n) is 23.9. The van der Waals surface area contributed by atoms with Gasteiger partial charge in [-0.3, -0.25) is 9.89 Å². The van der Waals surface area contributed by atoms with Gasteiger partial charge in [-0.25, -0.2) is 4.98 Å². The summed E-state index contributed by atoms with van der Waals surface area (Å²) in [5.41, 5.74) is 2.22. The summed E-state index contributed by atoms with van der Waals surface area (Å²) in [5, 5.41) is 25.9.